The predicted octanol–water partition coefficient (Wildman–Crippen LogP) is 8.74. The molecule has 0 aliphatic heterocycles. The zero-order chi connectivity index (χ0) is 24.7. The molecule has 0 rings (SSSR count). The normalized spacial score (nSPS) is 13.7. The lowest BCUT2D eigenvalue weighted by Crippen LogP contribution is -2.56. The van der Waals surface area contributed by atoms with E-state index in [9.17, 15) is 0 Å². The highest BCUT2D eigenvalue weighted by atomic mass is 28.4. The van der Waals surface area contributed by atoms with Crippen molar-refractivity contribution in [2.75, 3.05) is 26.4 Å². The lowest BCUT2D eigenvalue weighted by molar-refractivity contribution is 0.131. The third kappa shape index (κ3) is 10.7. The van der Waals surface area contributed by atoms with Crippen molar-refractivity contribution < 1.29 is 17.7 Å². The fraction of sp³-hybridized carbons (Fsp3) is 1.00. The first kappa shape index (κ1) is 32.3. The second kappa shape index (κ2) is 16.0. The Balaban J connectivity index is 5.94. The van der Waals surface area contributed by atoms with Gasteiger partial charge in [0.05, 0.1) is 0 Å². The van der Waals surface area contributed by atoms with E-state index < -0.39 is 17.1 Å². The maximum absolute atomic E-state index is 6.77. The summed E-state index contributed by atoms with van der Waals surface area (Å²) < 4.78 is 27.1. The molecule has 0 aromatic heterocycles. The Morgan fingerprint density at radius 2 is 0.656 bits per heavy atom. The van der Waals surface area contributed by atoms with Crippen molar-refractivity contribution in [3.63, 3.8) is 0 Å². The van der Waals surface area contributed by atoms with Crippen LogP contribution >= 0.6 is 0 Å². The zero-order valence-corrected chi connectivity index (χ0v) is 25.5. The van der Waals surface area contributed by atoms with Gasteiger partial charge in [0.15, 0.2) is 0 Å². The van der Waals surface area contributed by atoms with Gasteiger partial charge >= 0.3 is 17.1 Å². The molecule has 0 bridgehead atoms. The first-order valence-corrected chi connectivity index (χ1v) is 17.6. The molecule has 0 amide bonds. The van der Waals surface area contributed by atoms with E-state index in [2.05, 4.69) is 69.2 Å². The molecule has 0 aromatic carbocycles. The molecule has 0 aliphatic rings. The van der Waals surface area contributed by atoms with Crippen molar-refractivity contribution >= 4 is 17.1 Å². The van der Waals surface area contributed by atoms with Gasteiger partial charge in [0.1, 0.15) is 0 Å². The number of rotatable bonds is 19. The Bertz CT molecular complexity index is 396. The number of hydrogen-bond donors (Lipinski definition) is 0. The first-order chi connectivity index (χ1) is 14.9. The molecular weight excluding hydrogens is 432 g/mol. The van der Waals surface area contributed by atoms with Crippen LogP contribution in [0.4, 0.5) is 0 Å². The smallest absolute Gasteiger partial charge is 0.343 e. The standard InChI is InChI=1S/C26H58O4Si2/c1-11-15-19-27-31(25(5,6)7,28-20-16-12-2)23-24-32(26(8,9)10,29-21-17-13-3)30-22-18-14-4/h11-24H2,1-10H3. The molecule has 0 unspecified atom stereocenters. The van der Waals surface area contributed by atoms with Crippen LogP contribution in [0.3, 0.4) is 0 Å². The van der Waals surface area contributed by atoms with E-state index in [1.54, 1.807) is 0 Å². The average Bonchev–Trinajstić information content (AvgIpc) is 2.69. The van der Waals surface area contributed by atoms with E-state index in [4.69, 9.17) is 17.7 Å². The van der Waals surface area contributed by atoms with Crippen LogP contribution < -0.4 is 0 Å². The van der Waals surface area contributed by atoms with E-state index >= 15 is 0 Å². The average molecular weight is 491 g/mol. The number of hydrogen-bond acceptors (Lipinski definition) is 4. The zero-order valence-electron chi connectivity index (χ0n) is 23.5. The van der Waals surface area contributed by atoms with Crippen LogP contribution in [-0.4, -0.2) is 43.5 Å². The highest BCUT2D eigenvalue weighted by Crippen LogP contribution is 2.47. The molecule has 0 saturated carbocycles. The Morgan fingerprint density at radius 3 is 0.812 bits per heavy atom. The highest BCUT2D eigenvalue weighted by molar-refractivity contribution is 6.76. The van der Waals surface area contributed by atoms with Crippen LogP contribution in [0.25, 0.3) is 0 Å². The monoisotopic (exact) mass is 490 g/mol. The van der Waals surface area contributed by atoms with Gasteiger partial charge in [-0.05, 0) is 37.8 Å². The Hall–Kier alpha value is 0.274. The van der Waals surface area contributed by atoms with Gasteiger partial charge in [0.25, 0.3) is 0 Å². The molecule has 32 heavy (non-hydrogen) atoms. The summed E-state index contributed by atoms with van der Waals surface area (Å²) in [7, 11) is -4.96. The summed E-state index contributed by atoms with van der Waals surface area (Å²) in [6.45, 7) is 26.0. The minimum Gasteiger partial charge on any atom is -0.394 e. The lowest BCUT2D eigenvalue weighted by Gasteiger charge is -2.46. The van der Waals surface area contributed by atoms with Crippen LogP contribution in [0.5, 0.6) is 0 Å². The third-order valence-corrected chi connectivity index (χ3v) is 16.0. The van der Waals surface area contributed by atoms with E-state index in [1.807, 2.05) is 0 Å². The van der Waals surface area contributed by atoms with Gasteiger partial charge in [-0.3, -0.25) is 0 Å². The quantitative estimate of drug-likeness (QED) is 0.134. The van der Waals surface area contributed by atoms with Crippen LogP contribution in [0.2, 0.25) is 22.2 Å². The minimum atomic E-state index is -2.48. The van der Waals surface area contributed by atoms with Gasteiger partial charge in [0.2, 0.25) is 0 Å². The molecule has 6 heteroatoms. The van der Waals surface area contributed by atoms with E-state index in [-0.39, 0.29) is 10.1 Å². The summed E-state index contributed by atoms with van der Waals surface area (Å²) in [5.74, 6) is 0. The molecule has 0 heterocycles. The van der Waals surface area contributed by atoms with Crippen LogP contribution in [0.1, 0.15) is 121 Å². The molecule has 0 fully saturated rings. The summed E-state index contributed by atoms with van der Waals surface area (Å²) in [6, 6.07) is 1.90. The Labute approximate surface area is 204 Å². The molecule has 194 valence electrons. The largest absolute Gasteiger partial charge is 0.394 e. The van der Waals surface area contributed by atoms with Gasteiger partial charge in [-0.2, -0.15) is 0 Å². The SMILES string of the molecule is CCCCO[Si](CC[Si](OCCCC)(OCCCC)C(C)(C)C)(OCCCC)C(C)(C)C. The Morgan fingerprint density at radius 1 is 0.438 bits per heavy atom. The Kier molecular flexibility index (Phi) is 16.2. The summed E-state index contributed by atoms with van der Waals surface area (Å²) in [6.07, 6.45) is 8.92. The molecule has 0 spiro atoms. The molecule has 0 N–H and O–H groups in total. The highest BCUT2D eigenvalue weighted by Gasteiger charge is 2.55. The summed E-state index contributed by atoms with van der Waals surface area (Å²) >= 11 is 0. The van der Waals surface area contributed by atoms with Crippen molar-refractivity contribution in [1.82, 2.24) is 0 Å². The first-order valence-electron chi connectivity index (χ1n) is 13.5. The second-order valence-corrected chi connectivity index (χ2v) is 19.5. The maximum Gasteiger partial charge on any atom is 0.343 e. The molecule has 0 radical (unpaired) electrons. The fourth-order valence-electron chi connectivity index (χ4n) is 3.84. The van der Waals surface area contributed by atoms with Crippen LogP contribution in [-0.2, 0) is 17.7 Å². The predicted molar refractivity (Wildman–Crippen MR) is 144 cm³/mol. The summed E-state index contributed by atoms with van der Waals surface area (Å²) in [5.41, 5.74) is 0. The summed E-state index contributed by atoms with van der Waals surface area (Å²) in [4.78, 5) is 0. The van der Waals surface area contributed by atoms with Gasteiger partial charge in [0, 0.05) is 36.5 Å². The summed E-state index contributed by atoms with van der Waals surface area (Å²) in [5, 5.41) is -0.00130. The van der Waals surface area contributed by atoms with E-state index in [1.165, 1.54) is 0 Å². The van der Waals surface area contributed by atoms with Gasteiger partial charge in [-0.15, -0.1) is 0 Å². The van der Waals surface area contributed by atoms with Crippen molar-refractivity contribution in [3.05, 3.63) is 0 Å². The van der Waals surface area contributed by atoms with Crippen LogP contribution in [0, 0.1) is 0 Å². The molecule has 0 aromatic rings. The molecular formula is C26H58O4Si2. The maximum atomic E-state index is 6.77. The van der Waals surface area contributed by atoms with Crippen LogP contribution in [0.15, 0.2) is 0 Å². The number of unbranched alkanes of at least 4 members (excludes halogenated alkanes) is 4. The van der Waals surface area contributed by atoms with Gasteiger partial charge in [-0.25, -0.2) is 0 Å². The second-order valence-electron chi connectivity index (χ2n) is 11.3. The topological polar surface area (TPSA) is 36.9 Å². The van der Waals surface area contributed by atoms with Crippen molar-refractivity contribution in [3.8, 4) is 0 Å². The van der Waals surface area contributed by atoms with Crippen molar-refractivity contribution in [1.29, 1.82) is 0 Å². The fourth-order valence-corrected chi connectivity index (χ4v) is 12.3. The van der Waals surface area contributed by atoms with E-state index in [0.29, 0.717) is 0 Å². The molecule has 0 saturated heterocycles. The van der Waals surface area contributed by atoms with Crippen molar-refractivity contribution in [2.45, 2.75) is 143 Å². The van der Waals surface area contributed by atoms with Gasteiger partial charge < -0.3 is 17.7 Å². The molecule has 4 nitrogen and oxygen atoms in total. The molecule has 0 atom stereocenters. The molecule has 0 aliphatic carbocycles. The van der Waals surface area contributed by atoms with Gasteiger partial charge in [-0.1, -0.05) is 94.9 Å². The third-order valence-electron chi connectivity index (χ3n) is 6.40. The van der Waals surface area contributed by atoms with E-state index in [0.717, 1.165) is 89.9 Å². The lowest BCUT2D eigenvalue weighted by atomic mass is 10.2. The minimum absolute atomic E-state index is 0.000651. The van der Waals surface area contributed by atoms with Crippen molar-refractivity contribution in [2.24, 2.45) is 0 Å².